The van der Waals surface area contributed by atoms with Crippen molar-refractivity contribution in [1.82, 2.24) is 19.6 Å². The molecule has 1 aliphatic carbocycles. The van der Waals surface area contributed by atoms with Gasteiger partial charge in [0, 0.05) is 16.2 Å². The molecule has 1 aliphatic rings. The minimum Gasteiger partial charge on any atom is -0.253 e. The van der Waals surface area contributed by atoms with Crippen molar-refractivity contribution in [2.45, 2.75) is 51.1 Å². The molecule has 0 radical (unpaired) electrons. The number of rotatable bonds is 5. The second kappa shape index (κ2) is 7.48. The molecule has 1 aromatic carbocycles. The summed E-state index contributed by atoms with van der Waals surface area (Å²) in [6.45, 7) is 4.53. The molecule has 3 heterocycles. The summed E-state index contributed by atoms with van der Waals surface area (Å²) in [6, 6.07) is 10.5. The average molecular weight is 409 g/mol. The predicted molar refractivity (Wildman–Crippen MR) is 118 cm³/mol. The van der Waals surface area contributed by atoms with E-state index in [1.54, 1.807) is 11.8 Å². The smallest absolute Gasteiger partial charge is 0.197 e. The Morgan fingerprint density at radius 3 is 2.75 bits per heavy atom. The minimum atomic E-state index is 0.689. The molecule has 0 bridgehead atoms. The van der Waals surface area contributed by atoms with Crippen molar-refractivity contribution in [3.8, 4) is 11.4 Å². The fourth-order valence-corrected chi connectivity index (χ4v) is 6.32. The summed E-state index contributed by atoms with van der Waals surface area (Å²) >= 11 is 3.65. The molecular formula is C22H24N4S2. The molecule has 6 heteroatoms. The number of fused-ring (bicyclic) bond motifs is 5. The van der Waals surface area contributed by atoms with Crippen LogP contribution in [-0.4, -0.2) is 25.3 Å². The van der Waals surface area contributed by atoms with Gasteiger partial charge in [0.1, 0.15) is 10.7 Å². The molecule has 3 aromatic heterocycles. The van der Waals surface area contributed by atoms with Crippen LogP contribution >= 0.6 is 23.1 Å². The maximum absolute atomic E-state index is 5.14. The first-order valence-corrected chi connectivity index (χ1v) is 11.9. The summed E-state index contributed by atoms with van der Waals surface area (Å²) in [5.74, 6) is 2.69. The zero-order chi connectivity index (χ0) is 19.1. The minimum absolute atomic E-state index is 0.689. The van der Waals surface area contributed by atoms with Gasteiger partial charge in [-0.05, 0) is 43.6 Å². The standard InChI is InChI=1S/C22H24N4S2/c1-14(2)12-13-27-22-25-24-20-18-16-10-6-7-11-17(16)28-21(18)23-19(26(20)22)15-8-4-3-5-9-15/h3-5,8-9,14H,6-7,10-13H2,1-2H3. The molecule has 28 heavy (non-hydrogen) atoms. The van der Waals surface area contributed by atoms with Crippen LogP contribution in [0.3, 0.4) is 0 Å². The second-order valence-electron chi connectivity index (χ2n) is 7.87. The van der Waals surface area contributed by atoms with E-state index in [1.807, 2.05) is 17.4 Å². The summed E-state index contributed by atoms with van der Waals surface area (Å²) in [5.41, 5.74) is 3.57. The third-order valence-electron chi connectivity index (χ3n) is 5.39. The van der Waals surface area contributed by atoms with E-state index in [4.69, 9.17) is 4.98 Å². The maximum Gasteiger partial charge on any atom is 0.197 e. The Balaban J connectivity index is 1.74. The first-order valence-electron chi connectivity index (χ1n) is 10.1. The van der Waals surface area contributed by atoms with Gasteiger partial charge in [-0.25, -0.2) is 4.98 Å². The van der Waals surface area contributed by atoms with Gasteiger partial charge in [-0.2, -0.15) is 0 Å². The molecule has 0 N–H and O–H groups in total. The number of hydrogen-bond acceptors (Lipinski definition) is 5. The van der Waals surface area contributed by atoms with Gasteiger partial charge < -0.3 is 0 Å². The van der Waals surface area contributed by atoms with Crippen molar-refractivity contribution < 1.29 is 0 Å². The molecule has 0 saturated carbocycles. The van der Waals surface area contributed by atoms with Gasteiger partial charge >= 0.3 is 0 Å². The molecule has 0 fully saturated rings. The summed E-state index contributed by atoms with van der Waals surface area (Å²) in [7, 11) is 0. The lowest BCUT2D eigenvalue weighted by Gasteiger charge is -2.11. The van der Waals surface area contributed by atoms with Crippen molar-refractivity contribution in [1.29, 1.82) is 0 Å². The van der Waals surface area contributed by atoms with E-state index in [0.717, 1.165) is 39.2 Å². The largest absolute Gasteiger partial charge is 0.253 e. The normalized spacial score (nSPS) is 14.2. The molecule has 0 unspecified atom stereocenters. The van der Waals surface area contributed by atoms with E-state index >= 15 is 0 Å². The van der Waals surface area contributed by atoms with Crippen molar-refractivity contribution >= 4 is 39.0 Å². The maximum atomic E-state index is 5.14. The van der Waals surface area contributed by atoms with Crippen LogP contribution < -0.4 is 0 Å². The van der Waals surface area contributed by atoms with Gasteiger partial charge in [0.05, 0.1) is 5.39 Å². The second-order valence-corrected chi connectivity index (χ2v) is 10.0. The third kappa shape index (κ3) is 3.12. The highest BCUT2D eigenvalue weighted by Gasteiger charge is 2.24. The van der Waals surface area contributed by atoms with Crippen LogP contribution in [0.2, 0.25) is 0 Å². The Morgan fingerprint density at radius 2 is 1.93 bits per heavy atom. The van der Waals surface area contributed by atoms with Crippen LogP contribution in [0.1, 0.15) is 43.6 Å². The SMILES string of the molecule is CC(C)CCSc1nnc2c3c4c(sc3nc(-c3ccccc3)n12)CCCC4. The number of hydrogen-bond donors (Lipinski definition) is 0. The molecular weight excluding hydrogens is 384 g/mol. The Hall–Kier alpha value is -1.92. The summed E-state index contributed by atoms with van der Waals surface area (Å²) in [6.07, 6.45) is 6.03. The van der Waals surface area contributed by atoms with Gasteiger partial charge in [-0.1, -0.05) is 55.9 Å². The third-order valence-corrected chi connectivity index (χ3v) is 7.54. The van der Waals surface area contributed by atoms with E-state index < -0.39 is 0 Å². The van der Waals surface area contributed by atoms with Crippen LogP contribution in [0.25, 0.3) is 27.3 Å². The number of aromatic nitrogens is 4. The van der Waals surface area contributed by atoms with Crippen LogP contribution in [0.5, 0.6) is 0 Å². The van der Waals surface area contributed by atoms with E-state index in [1.165, 1.54) is 41.5 Å². The van der Waals surface area contributed by atoms with Crippen LogP contribution in [0, 0.1) is 5.92 Å². The van der Waals surface area contributed by atoms with Gasteiger partial charge in [0.15, 0.2) is 10.8 Å². The Kier molecular flexibility index (Phi) is 4.85. The summed E-state index contributed by atoms with van der Waals surface area (Å²) in [5, 5.41) is 11.5. The number of thioether (sulfide) groups is 1. The molecule has 0 aliphatic heterocycles. The fraction of sp³-hybridized carbons (Fsp3) is 0.409. The number of thiophene rings is 1. The highest BCUT2D eigenvalue weighted by Crippen LogP contribution is 2.39. The fourth-order valence-electron chi connectivity index (χ4n) is 3.89. The number of aryl methyl sites for hydroxylation is 2. The van der Waals surface area contributed by atoms with E-state index in [-0.39, 0.29) is 0 Å². The van der Waals surface area contributed by atoms with Crippen molar-refractivity contribution in [3.05, 3.63) is 40.8 Å². The molecule has 144 valence electrons. The molecule has 0 spiro atoms. The molecule has 4 nitrogen and oxygen atoms in total. The van der Waals surface area contributed by atoms with E-state index in [0.29, 0.717) is 5.92 Å². The quantitative estimate of drug-likeness (QED) is 0.379. The van der Waals surface area contributed by atoms with E-state index in [2.05, 4.69) is 52.7 Å². The number of benzene rings is 1. The van der Waals surface area contributed by atoms with Crippen LogP contribution in [-0.2, 0) is 12.8 Å². The highest BCUT2D eigenvalue weighted by molar-refractivity contribution is 7.99. The predicted octanol–water partition coefficient (Wildman–Crippen LogP) is 6.02. The topological polar surface area (TPSA) is 43.1 Å². The number of nitrogens with zero attached hydrogens (tertiary/aromatic N) is 4. The lowest BCUT2D eigenvalue weighted by molar-refractivity contribution is 0.631. The highest BCUT2D eigenvalue weighted by atomic mass is 32.2. The van der Waals surface area contributed by atoms with Crippen LogP contribution in [0.4, 0.5) is 0 Å². The molecule has 4 aromatic rings. The van der Waals surface area contributed by atoms with Crippen molar-refractivity contribution in [2.75, 3.05) is 5.75 Å². The van der Waals surface area contributed by atoms with Gasteiger partial charge in [-0.15, -0.1) is 21.5 Å². The monoisotopic (exact) mass is 408 g/mol. The van der Waals surface area contributed by atoms with E-state index in [9.17, 15) is 0 Å². The first-order chi connectivity index (χ1) is 13.7. The van der Waals surface area contributed by atoms with Crippen LogP contribution in [0.15, 0.2) is 35.5 Å². The zero-order valence-electron chi connectivity index (χ0n) is 16.3. The lowest BCUT2D eigenvalue weighted by Crippen LogP contribution is -2.01. The van der Waals surface area contributed by atoms with Gasteiger partial charge in [0.25, 0.3) is 0 Å². The Labute approximate surface area is 173 Å². The summed E-state index contributed by atoms with van der Waals surface area (Å²) in [4.78, 5) is 7.76. The Bertz CT molecular complexity index is 1130. The summed E-state index contributed by atoms with van der Waals surface area (Å²) < 4.78 is 2.20. The lowest BCUT2D eigenvalue weighted by atomic mass is 9.97. The average Bonchev–Trinajstić information content (AvgIpc) is 3.29. The molecule has 0 atom stereocenters. The first kappa shape index (κ1) is 18.1. The molecule has 0 amide bonds. The molecule has 0 saturated heterocycles. The van der Waals surface area contributed by atoms with Crippen molar-refractivity contribution in [2.24, 2.45) is 5.92 Å². The van der Waals surface area contributed by atoms with Gasteiger partial charge in [0.2, 0.25) is 0 Å². The van der Waals surface area contributed by atoms with Crippen molar-refractivity contribution in [3.63, 3.8) is 0 Å². The van der Waals surface area contributed by atoms with Gasteiger partial charge in [-0.3, -0.25) is 4.40 Å². The Morgan fingerprint density at radius 1 is 1.11 bits per heavy atom. The molecule has 5 rings (SSSR count). The zero-order valence-corrected chi connectivity index (χ0v) is 17.9.